The van der Waals surface area contributed by atoms with Crippen LogP contribution in [0.15, 0.2) is 5.57 Å². The fourth-order valence-electron chi connectivity index (χ4n) is 0.876. The number of carbonyl (C=O) groups is 1. The summed E-state index contributed by atoms with van der Waals surface area (Å²) in [6, 6.07) is 1.82. The van der Waals surface area contributed by atoms with Gasteiger partial charge in [-0.25, -0.2) is 0 Å². The van der Waals surface area contributed by atoms with Gasteiger partial charge < -0.3 is 5.32 Å². The number of thiocarbonyl (C=S) groups is 1. The van der Waals surface area contributed by atoms with E-state index < -0.39 is 5.92 Å². The summed E-state index contributed by atoms with van der Waals surface area (Å²) in [4.78, 5) is 11.2. The van der Waals surface area contributed by atoms with Gasteiger partial charge in [0.05, 0.1) is 6.07 Å². The van der Waals surface area contributed by atoms with Gasteiger partial charge in [-0.15, -0.1) is 0 Å². The molecule has 0 aromatic heterocycles. The van der Waals surface area contributed by atoms with E-state index in [9.17, 15) is 4.79 Å². The smallest absolute Gasteiger partial charge is 0.242 e. The second-order valence-corrected chi connectivity index (χ2v) is 2.72. The van der Waals surface area contributed by atoms with Gasteiger partial charge in [-0.1, -0.05) is 12.2 Å². The predicted molar refractivity (Wildman–Crippen MR) is 45.7 cm³/mol. The average molecular weight is 179 g/mol. The number of hydrogen-bond donors (Lipinski definition) is 2. The van der Waals surface area contributed by atoms with Gasteiger partial charge in [0, 0.05) is 12.0 Å². The normalized spacial score (nSPS) is 22.6. The predicted octanol–water partition coefficient (Wildman–Crippen LogP) is 0.148. The average Bonchev–Trinajstić information content (AvgIpc) is 2.05. The lowest BCUT2D eigenvalue weighted by Crippen LogP contribution is -2.40. The molecule has 1 aliphatic heterocycles. The van der Waals surface area contributed by atoms with E-state index in [1.165, 1.54) is 0 Å². The third-order valence-electron chi connectivity index (χ3n) is 1.54. The van der Waals surface area contributed by atoms with Crippen LogP contribution in [0, 0.1) is 22.7 Å². The highest BCUT2D eigenvalue weighted by atomic mass is 32.1. The first kappa shape index (κ1) is 8.60. The summed E-state index contributed by atoms with van der Waals surface area (Å²) in [5.41, 5.74) is 0.413. The van der Waals surface area contributed by atoms with E-state index >= 15 is 0 Å². The molecule has 0 spiro atoms. The minimum absolute atomic E-state index is 0.199. The van der Waals surface area contributed by atoms with Crippen molar-refractivity contribution in [2.45, 2.75) is 6.42 Å². The van der Waals surface area contributed by atoms with E-state index in [4.69, 9.17) is 22.9 Å². The number of nitriles is 1. The van der Waals surface area contributed by atoms with Crippen molar-refractivity contribution in [1.82, 2.24) is 5.32 Å². The van der Waals surface area contributed by atoms with Crippen LogP contribution in [0.5, 0.6) is 0 Å². The van der Waals surface area contributed by atoms with E-state index in [0.717, 1.165) is 0 Å². The molecule has 12 heavy (non-hydrogen) atoms. The van der Waals surface area contributed by atoms with Gasteiger partial charge in [0.2, 0.25) is 5.91 Å². The molecule has 1 heterocycles. The van der Waals surface area contributed by atoms with Crippen LogP contribution in [0.3, 0.4) is 0 Å². The fraction of sp³-hybridized carbons (Fsp3) is 0.286. The van der Waals surface area contributed by atoms with Crippen LogP contribution >= 0.6 is 12.2 Å². The summed E-state index contributed by atoms with van der Waals surface area (Å²) in [5, 5.41) is 17.7. The van der Waals surface area contributed by atoms with Crippen LogP contribution in [-0.4, -0.2) is 16.8 Å². The van der Waals surface area contributed by atoms with E-state index in [0.29, 0.717) is 5.57 Å². The standard InChI is InChI=1S/C7H5N3OS/c8-2-4-1-5(3-9)7(12)10-6(4)11/h4,9H,1H2,(H,10,11,12). The quantitative estimate of drug-likeness (QED) is 0.315. The molecule has 5 heteroatoms. The first-order chi connectivity index (χ1) is 5.69. The van der Waals surface area contributed by atoms with Gasteiger partial charge in [-0.3, -0.25) is 10.2 Å². The molecule has 2 N–H and O–H groups in total. The molecule has 60 valence electrons. The largest absolute Gasteiger partial charge is 0.315 e. The van der Waals surface area contributed by atoms with Gasteiger partial charge in [-0.2, -0.15) is 5.26 Å². The molecule has 0 radical (unpaired) electrons. The topological polar surface area (TPSA) is 76.7 Å². The Morgan fingerprint density at radius 1 is 1.75 bits per heavy atom. The van der Waals surface area contributed by atoms with Crippen LogP contribution in [-0.2, 0) is 4.79 Å². The first-order valence-electron chi connectivity index (χ1n) is 3.22. The molecule has 0 aromatic rings. The lowest BCUT2D eigenvalue weighted by Gasteiger charge is -2.17. The van der Waals surface area contributed by atoms with Crippen LogP contribution in [0.25, 0.3) is 0 Å². The second kappa shape index (κ2) is 3.26. The van der Waals surface area contributed by atoms with Gasteiger partial charge in [0.25, 0.3) is 0 Å². The summed E-state index contributed by atoms with van der Waals surface area (Å²) in [7, 11) is 0. The van der Waals surface area contributed by atoms with Gasteiger partial charge in [0.1, 0.15) is 10.9 Å². The Labute approximate surface area is 74.4 Å². The Bertz CT molecular complexity index is 335. The molecule has 1 amide bonds. The molecule has 1 atom stereocenters. The number of amides is 1. The third-order valence-corrected chi connectivity index (χ3v) is 1.89. The zero-order chi connectivity index (χ0) is 9.14. The monoisotopic (exact) mass is 179 g/mol. The maximum absolute atomic E-state index is 11.0. The Morgan fingerprint density at radius 3 is 2.92 bits per heavy atom. The van der Waals surface area contributed by atoms with E-state index in [1.54, 1.807) is 0 Å². The van der Waals surface area contributed by atoms with Crippen molar-refractivity contribution in [2.24, 2.45) is 5.92 Å². The minimum Gasteiger partial charge on any atom is -0.315 e. The molecule has 1 aliphatic rings. The lowest BCUT2D eigenvalue weighted by atomic mass is 9.97. The van der Waals surface area contributed by atoms with Crippen molar-refractivity contribution >= 4 is 29.0 Å². The van der Waals surface area contributed by atoms with Crippen molar-refractivity contribution in [3.05, 3.63) is 5.57 Å². The zero-order valence-corrected chi connectivity index (χ0v) is 6.86. The van der Waals surface area contributed by atoms with Gasteiger partial charge in [-0.05, 0) is 5.87 Å². The van der Waals surface area contributed by atoms with Crippen molar-refractivity contribution in [3.8, 4) is 6.07 Å². The lowest BCUT2D eigenvalue weighted by molar-refractivity contribution is -0.122. The number of piperidine rings is 1. The van der Waals surface area contributed by atoms with Crippen LogP contribution in [0.2, 0.25) is 0 Å². The summed E-state index contributed by atoms with van der Waals surface area (Å²) < 4.78 is 0. The van der Waals surface area contributed by atoms with Crippen molar-refractivity contribution < 1.29 is 4.79 Å². The summed E-state index contributed by atoms with van der Waals surface area (Å²) in [6.45, 7) is 0. The second-order valence-electron chi connectivity index (χ2n) is 2.31. The Kier molecular flexibility index (Phi) is 2.34. The molecule has 1 saturated heterocycles. The van der Waals surface area contributed by atoms with Crippen molar-refractivity contribution in [2.75, 3.05) is 0 Å². The first-order valence-corrected chi connectivity index (χ1v) is 3.63. The molecule has 1 fully saturated rings. The molecule has 0 aromatic carbocycles. The van der Waals surface area contributed by atoms with E-state index in [2.05, 4.69) is 11.2 Å². The number of carbonyl (C=O) groups excluding carboxylic acids is 1. The summed E-state index contributed by atoms with van der Waals surface area (Å²) >= 11 is 4.74. The van der Waals surface area contributed by atoms with E-state index in [-0.39, 0.29) is 17.3 Å². The highest BCUT2D eigenvalue weighted by Gasteiger charge is 2.27. The van der Waals surface area contributed by atoms with Crippen molar-refractivity contribution in [1.29, 1.82) is 10.7 Å². The van der Waals surface area contributed by atoms with E-state index in [1.807, 2.05) is 6.07 Å². The Hall–Kier alpha value is -1.50. The zero-order valence-electron chi connectivity index (χ0n) is 6.05. The highest BCUT2D eigenvalue weighted by Crippen LogP contribution is 2.15. The molecule has 0 bridgehead atoms. The molecular formula is C7H5N3OS. The maximum atomic E-state index is 11.0. The van der Waals surface area contributed by atoms with Gasteiger partial charge >= 0.3 is 0 Å². The number of rotatable bonds is 0. The molecule has 1 unspecified atom stereocenters. The SMILES string of the molecule is N#CC1CC(=C=N)C(=S)NC1=O. The van der Waals surface area contributed by atoms with Crippen molar-refractivity contribution in [3.63, 3.8) is 0 Å². The Balaban J connectivity index is 2.93. The number of nitrogens with one attached hydrogen (secondary N) is 2. The molecule has 1 rings (SSSR count). The highest BCUT2D eigenvalue weighted by molar-refractivity contribution is 7.80. The Morgan fingerprint density at radius 2 is 2.42 bits per heavy atom. The maximum Gasteiger partial charge on any atom is 0.242 e. The van der Waals surface area contributed by atoms with Gasteiger partial charge in [0.15, 0.2) is 0 Å². The fourth-order valence-corrected chi connectivity index (χ4v) is 1.11. The molecule has 0 saturated carbocycles. The third kappa shape index (κ3) is 1.40. The molecule has 4 nitrogen and oxygen atoms in total. The van der Waals surface area contributed by atoms with Crippen LogP contribution < -0.4 is 5.32 Å². The summed E-state index contributed by atoms with van der Waals surface area (Å²) in [6.07, 6.45) is 0.199. The minimum atomic E-state index is -0.732. The molecular weight excluding hydrogens is 174 g/mol. The number of hydrogen-bond acceptors (Lipinski definition) is 4. The summed E-state index contributed by atoms with van der Waals surface area (Å²) in [5.74, 6) is 0.979. The van der Waals surface area contributed by atoms with Crippen LogP contribution in [0.1, 0.15) is 6.42 Å². The number of nitrogens with zero attached hydrogens (tertiary/aromatic N) is 1. The molecule has 0 aliphatic carbocycles. The van der Waals surface area contributed by atoms with Crippen LogP contribution in [0.4, 0.5) is 0 Å².